The number of ether oxygens (including phenoxy) is 1. The van der Waals surface area contributed by atoms with Gasteiger partial charge in [-0.15, -0.1) is 4.33 Å². The largest absolute Gasteiger partial charge is 0.495 e. The number of anilines is 1. The normalized spacial score (nSPS) is 12.4. The molecule has 0 saturated heterocycles. The Bertz CT molecular complexity index is 1600. The van der Waals surface area contributed by atoms with Crippen LogP contribution in [0.4, 0.5) is 28.4 Å². The van der Waals surface area contributed by atoms with Crippen LogP contribution in [0.2, 0.25) is 0 Å². The van der Waals surface area contributed by atoms with Gasteiger partial charge in [0.15, 0.2) is 0 Å². The molecule has 39 heavy (non-hydrogen) atoms. The molecule has 0 amide bonds. The average molecular weight is 570 g/mol. The molecule has 4 rings (SSSR count). The summed E-state index contributed by atoms with van der Waals surface area (Å²) in [5, 5.41) is 30.8. The second-order valence-corrected chi connectivity index (χ2v) is 9.45. The van der Waals surface area contributed by atoms with Gasteiger partial charge in [-0.25, -0.2) is 5.26 Å². The molecule has 4 aromatic carbocycles. The van der Waals surface area contributed by atoms with E-state index in [1.807, 2.05) is 19.9 Å². The van der Waals surface area contributed by atoms with Crippen molar-refractivity contribution in [3.8, 4) is 11.5 Å². The maximum atomic E-state index is 11.1. The molecule has 0 heterocycles. The molecule has 1 atom stereocenters. The molecule has 1 unspecified atom stereocenters. The number of hydrogen-bond donors (Lipinski definition) is 3. The lowest BCUT2D eigenvalue weighted by Crippen LogP contribution is -1.97. The molecule has 14 heteroatoms. The first kappa shape index (κ1) is 28.1. The quantitative estimate of drug-likeness (QED) is 0.0430. The van der Waals surface area contributed by atoms with Gasteiger partial charge in [-0.2, -0.15) is 24.7 Å². The number of nitrogen functional groups attached to an aromatic ring is 1. The molecule has 0 aliphatic rings. The van der Waals surface area contributed by atoms with E-state index in [4.69, 9.17) is 24.5 Å². The first-order valence-corrected chi connectivity index (χ1v) is 12.9. The fraction of sp³-hybridized carbons (Fsp3) is 0.120. The van der Waals surface area contributed by atoms with Crippen LogP contribution in [0.5, 0.6) is 11.5 Å². The van der Waals surface area contributed by atoms with Crippen molar-refractivity contribution >= 4 is 62.6 Å². The first-order valence-electron chi connectivity index (χ1n) is 11.2. The topological polar surface area (TPSA) is 170 Å². The minimum atomic E-state index is -2.53. The van der Waals surface area contributed by atoms with Crippen molar-refractivity contribution in [2.24, 2.45) is 20.5 Å². The van der Waals surface area contributed by atoms with Crippen molar-refractivity contribution in [3.63, 3.8) is 0 Å². The van der Waals surface area contributed by atoms with Crippen LogP contribution in [0, 0.1) is 13.8 Å². The summed E-state index contributed by atoms with van der Waals surface area (Å²) in [5.41, 5.74) is 10.6. The Kier molecular flexibility index (Phi) is 9.19. The zero-order valence-corrected chi connectivity index (χ0v) is 22.5. The summed E-state index contributed by atoms with van der Waals surface area (Å²) in [5.74, 6) is 0.638. The minimum absolute atomic E-state index is 0.106. The zero-order valence-electron chi connectivity index (χ0n) is 20.9. The highest BCUT2D eigenvalue weighted by molar-refractivity contribution is 7.94. The third-order valence-corrected chi connectivity index (χ3v) is 6.45. The summed E-state index contributed by atoms with van der Waals surface area (Å²) < 4.78 is 34.9. The fourth-order valence-electron chi connectivity index (χ4n) is 3.63. The number of aryl methyl sites for hydroxylation is 2. The molecule has 0 aromatic heterocycles. The third kappa shape index (κ3) is 7.14. The predicted octanol–water partition coefficient (Wildman–Crippen LogP) is 7.82. The lowest BCUT2D eigenvalue weighted by atomic mass is 10.1. The predicted molar refractivity (Wildman–Crippen MR) is 148 cm³/mol. The van der Waals surface area contributed by atoms with E-state index in [1.165, 1.54) is 6.07 Å². The first-order chi connectivity index (χ1) is 18.8. The second kappa shape index (κ2) is 12.8. The summed E-state index contributed by atoms with van der Waals surface area (Å²) in [6.45, 7) is 3.78. The van der Waals surface area contributed by atoms with Gasteiger partial charge >= 0.3 is 11.4 Å². The van der Waals surface area contributed by atoms with Gasteiger partial charge in [-0.1, -0.05) is 11.1 Å². The van der Waals surface area contributed by atoms with Crippen LogP contribution < -0.4 is 14.7 Å². The Morgan fingerprint density at radius 3 is 2.26 bits per heavy atom. The van der Waals surface area contributed by atoms with E-state index in [1.54, 1.807) is 55.6 Å². The Balaban J connectivity index is 1.56. The Labute approximate surface area is 230 Å². The maximum absolute atomic E-state index is 11.1. The second-order valence-electron chi connectivity index (χ2n) is 8.10. The fourth-order valence-corrected chi connectivity index (χ4v) is 4.44. The Morgan fingerprint density at radius 2 is 1.56 bits per heavy atom. The lowest BCUT2D eigenvalue weighted by molar-refractivity contribution is -0.432. The average Bonchev–Trinajstić information content (AvgIpc) is 2.90. The highest BCUT2D eigenvalue weighted by Crippen LogP contribution is 2.36. The van der Waals surface area contributed by atoms with Gasteiger partial charge < -0.3 is 14.7 Å². The number of methoxy groups -OCH3 is 1. The highest BCUT2D eigenvalue weighted by atomic mass is 32.2. The molecule has 0 radical (unpaired) electrons. The van der Waals surface area contributed by atoms with E-state index < -0.39 is 11.4 Å². The van der Waals surface area contributed by atoms with Gasteiger partial charge in [0.25, 0.3) is 0 Å². The zero-order chi connectivity index (χ0) is 27.9. The minimum Gasteiger partial charge on any atom is -0.495 e. The van der Waals surface area contributed by atoms with Crippen LogP contribution in [0.3, 0.4) is 0 Å². The molecule has 0 bridgehead atoms. The Hall–Kier alpha value is -3.92. The number of azo groups is 2. The van der Waals surface area contributed by atoms with Crippen LogP contribution >= 0.6 is 12.0 Å². The molecular formula is C25H23N5O7S2. The molecule has 0 spiro atoms. The maximum Gasteiger partial charge on any atom is 0.357 e. The summed E-state index contributed by atoms with van der Waals surface area (Å²) in [7, 11) is 1.54. The van der Waals surface area contributed by atoms with Gasteiger partial charge in [0.05, 0.1) is 52.5 Å². The van der Waals surface area contributed by atoms with Crippen LogP contribution in [0.15, 0.2) is 86.0 Å². The smallest absolute Gasteiger partial charge is 0.357 e. The van der Waals surface area contributed by atoms with Crippen molar-refractivity contribution in [3.05, 3.63) is 71.8 Å². The van der Waals surface area contributed by atoms with Crippen molar-refractivity contribution < 1.29 is 32.3 Å². The summed E-state index contributed by atoms with van der Waals surface area (Å²) in [6, 6.07) is 17.2. The monoisotopic (exact) mass is 569 g/mol. The SMILES string of the molecule is COc1cc(N=Nc2ccc(N=Nc3ccc4c(SOOO)cc(OS(=O)O)cc4c3)c(C)c2)c(C)cc1N. The summed E-state index contributed by atoms with van der Waals surface area (Å²) in [4.78, 5) is 0.471. The Morgan fingerprint density at radius 1 is 0.872 bits per heavy atom. The molecule has 0 fully saturated rings. The number of benzene rings is 4. The molecule has 12 nitrogen and oxygen atoms in total. The van der Waals surface area contributed by atoms with E-state index in [0.717, 1.165) is 11.1 Å². The van der Waals surface area contributed by atoms with Gasteiger partial charge in [-0.3, -0.25) is 4.55 Å². The van der Waals surface area contributed by atoms with E-state index in [-0.39, 0.29) is 5.75 Å². The molecular weight excluding hydrogens is 546 g/mol. The molecule has 4 N–H and O–H groups in total. The highest BCUT2D eigenvalue weighted by Gasteiger charge is 2.11. The summed E-state index contributed by atoms with van der Waals surface area (Å²) in [6.07, 6.45) is 0. The van der Waals surface area contributed by atoms with Crippen LogP contribution in [-0.2, 0) is 20.7 Å². The van der Waals surface area contributed by atoms with Gasteiger partial charge in [-0.05, 0) is 84.3 Å². The lowest BCUT2D eigenvalue weighted by Gasteiger charge is -2.08. The number of nitrogens with zero attached hydrogens (tertiary/aromatic N) is 4. The van der Waals surface area contributed by atoms with Gasteiger partial charge in [0, 0.05) is 6.07 Å². The number of hydrogen-bond acceptors (Lipinski definition) is 12. The van der Waals surface area contributed by atoms with Crippen LogP contribution in [0.1, 0.15) is 11.1 Å². The summed E-state index contributed by atoms with van der Waals surface area (Å²) >= 11 is -1.83. The van der Waals surface area contributed by atoms with Crippen LogP contribution in [0.25, 0.3) is 10.8 Å². The number of rotatable bonds is 10. The van der Waals surface area contributed by atoms with Gasteiger partial charge in [0.2, 0.25) is 0 Å². The molecule has 4 aromatic rings. The van der Waals surface area contributed by atoms with Crippen molar-refractivity contribution in [1.29, 1.82) is 0 Å². The van der Waals surface area contributed by atoms with E-state index in [2.05, 4.69) is 29.8 Å². The van der Waals surface area contributed by atoms with E-state index >= 15 is 0 Å². The van der Waals surface area contributed by atoms with E-state index in [0.29, 0.717) is 61.9 Å². The van der Waals surface area contributed by atoms with Crippen molar-refractivity contribution in [1.82, 2.24) is 0 Å². The van der Waals surface area contributed by atoms with Crippen LogP contribution in [-0.4, -0.2) is 21.1 Å². The standard InChI is InChI=1S/C25H23N5O7S2/c1-14-8-17(27-30-23-13-24(34-3)21(26)9-15(23)2)5-7-22(14)29-28-18-4-6-20-16(10-18)11-19(35-39(32)33)12-25(20)38-37-36-31/h4-13,31H,26H2,1-3H3,(H,32,33). The molecule has 0 saturated carbocycles. The molecule has 202 valence electrons. The third-order valence-electron chi connectivity index (χ3n) is 5.47. The number of fused-ring (bicyclic) bond motifs is 1. The molecule has 0 aliphatic carbocycles. The van der Waals surface area contributed by atoms with Crippen molar-refractivity contribution in [2.75, 3.05) is 12.8 Å². The van der Waals surface area contributed by atoms with Gasteiger partial charge in [0.1, 0.15) is 11.5 Å². The van der Waals surface area contributed by atoms with Crippen molar-refractivity contribution in [2.45, 2.75) is 18.7 Å². The number of nitrogens with two attached hydrogens (primary N) is 1. The molecule has 0 aliphatic heterocycles. The van der Waals surface area contributed by atoms with E-state index in [9.17, 15) is 4.21 Å².